The first-order valence-electron chi connectivity index (χ1n) is 6.75. The van der Waals surface area contributed by atoms with E-state index in [2.05, 4.69) is 0 Å². The second-order valence-corrected chi connectivity index (χ2v) is 4.64. The molecule has 0 saturated carbocycles. The highest BCUT2D eigenvalue weighted by atomic mass is 19.2. The van der Waals surface area contributed by atoms with Crippen molar-refractivity contribution in [3.05, 3.63) is 59.8 Å². The van der Waals surface area contributed by atoms with Crippen LogP contribution in [0.15, 0.2) is 41.0 Å². The summed E-state index contributed by atoms with van der Waals surface area (Å²) in [6.45, 7) is 1.24. The van der Waals surface area contributed by atoms with Crippen LogP contribution in [0.5, 0.6) is 0 Å². The fraction of sp³-hybridized carbons (Fsp3) is 0.125. The summed E-state index contributed by atoms with van der Waals surface area (Å²) in [6, 6.07) is 4.75. The Morgan fingerprint density at radius 2 is 1.96 bits per heavy atom. The summed E-state index contributed by atoms with van der Waals surface area (Å²) in [7, 11) is 0. The van der Waals surface area contributed by atoms with Crippen LogP contribution in [0.2, 0.25) is 0 Å². The second kappa shape index (κ2) is 7.49. The molecule has 5 nitrogen and oxygen atoms in total. The van der Waals surface area contributed by atoms with E-state index in [1.807, 2.05) is 5.32 Å². The molecule has 0 aliphatic rings. The number of nitrogens with one attached hydrogen (secondary N) is 1. The third kappa shape index (κ3) is 4.25. The molecule has 0 saturated heterocycles. The third-order valence-electron chi connectivity index (χ3n) is 2.88. The lowest BCUT2D eigenvalue weighted by molar-refractivity contribution is -0.148. The Labute approximate surface area is 134 Å². The van der Waals surface area contributed by atoms with E-state index in [0.29, 0.717) is 11.8 Å². The van der Waals surface area contributed by atoms with Gasteiger partial charge in [-0.2, -0.15) is 0 Å². The Morgan fingerprint density at radius 1 is 1.21 bits per heavy atom. The summed E-state index contributed by atoms with van der Waals surface area (Å²) in [5, 5.41) is 2.01. The van der Waals surface area contributed by atoms with E-state index in [-0.39, 0.29) is 0 Å². The molecular formula is C16H12F3NO4. The number of furan rings is 1. The van der Waals surface area contributed by atoms with Crippen LogP contribution in [-0.2, 0) is 14.3 Å². The summed E-state index contributed by atoms with van der Waals surface area (Å²) in [5.74, 6) is -5.96. The average molecular weight is 339 g/mol. The molecule has 0 unspecified atom stereocenters. The van der Waals surface area contributed by atoms with Gasteiger partial charge in [0.2, 0.25) is 0 Å². The molecule has 1 aromatic heterocycles. The quantitative estimate of drug-likeness (QED) is 0.516. The van der Waals surface area contributed by atoms with Crippen LogP contribution < -0.4 is 5.32 Å². The molecule has 2 aromatic rings. The third-order valence-corrected chi connectivity index (χ3v) is 2.88. The molecular weight excluding hydrogens is 327 g/mol. The van der Waals surface area contributed by atoms with Crippen molar-refractivity contribution < 1.29 is 31.9 Å². The molecule has 1 amide bonds. The van der Waals surface area contributed by atoms with Crippen molar-refractivity contribution in [2.75, 3.05) is 5.32 Å². The number of halogens is 3. The lowest BCUT2D eigenvalue weighted by atomic mass is 10.2. The smallest absolute Gasteiger partial charge is 0.331 e. The Balaban J connectivity index is 1.95. The van der Waals surface area contributed by atoms with Crippen molar-refractivity contribution >= 4 is 23.6 Å². The molecule has 1 atom stereocenters. The molecule has 0 bridgehead atoms. The van der Waals surface area contributed by atoms with Gasteiger partial charge >= 0.3 is 5.97 Å². The maximum atomic E-state index is 13.5. The van der Waals surface area contributed by atoms with Gasteiger partial charge < -0.3 is 14.5 Å². The number of carbonyl (C=O) groups is 2. The van der Waals surface area contributed by atoms with Gasteiger partial charge in [0, 0.05) is 6.08 Å². The van der Waals surface area contributed by atoms with Gasteiger partial charge in [-0.15, -0.1) is 0 Å². The number of carbonyl (C=O) groups excluding carboxylic acids is 2. The number of ether oxygens (including phenoxy) is 1. The van der Waals surface area contributed by atoms with E-state index in [4.69, 9.17) is 9.15 Å². The number of amides is 1. The Kier molecular flexibility index (Phi) is 5.41. The molecule has 1 N–H and O–H groups in total. The van der Waals surface area contributed by atoms with Gasteiger partial charge in [0.25, 0.3) is 5.91 Å². The normalized spacial score (nSPS) is 12.2. The number of esters is 1. The highest BCUT2D eigenvalue weighted by Crippen LogP contribution is 2.19. The minimum Gasteiger partial charge on any atom is -0.465 e. The van der Waals surface area contributed by atoms with Crippen LogP contribution in [0.1, 0.15) is 12.7 Å². The van der Waals surface area contributed by atoms with Crippen molar-refractivity contribution in [3.63, 3.8) is 0 Å². The summed E-state index contributed by atoms with van der Waals surface area (Å²) >= 11 is 0. The van der Waals surface area contributed by atoms with Crippen LogP contribution in [0, 0.1) is 17.5 Å². The number of hydrogen-bond donors (Lipinski definition) is 1. The van der Waals surface area contributed by atoms with Crippen LogP contribution in [-0.4, -0.2) is 18.0 Å². The average Bonchev–Trinajstić information content (AvgIpc) is 3.07. The van der Waals surface area contributed by atoms with Gasteiger partial charge in [0.15, 0.2) is 23.6 Å². The number of rotatable bonds is 5. The Morgan fingerprint density at radius 3 is 2.62 bits per heavy atom. The van der Waals surface area contributed by atoms with Gasteiger partial charge in [-0.25, -0.2) is 18.0 Å². The summed E-state index contributed by atoms with van der Waals surface area (Å²) in [4.78, 5) is 23.4. The highest BCUT2D eigenvalue weighted by Gasteiger charge is 2.20. The lowest BCUT2D eigenvalue weighted by Crippen LogP contribution is -2.29. The van der Waals surface area contributed by atoms with Crippen LogP contribution in [0.25, 0.3) is 6.08 Å². The molecule has 0 aliphatic carbocycles. The van der Waals surface area contributed by atoms with E-state index in [0.717, 1.165) is 12.1 Å². The topological polar surface area (TPSA) is 68.5 Å². The molecule has 1 heterocycles. The molecule has 0 radical (unpaired) electrons. The molecule has 0 spiro atoms. The van der Waals surface area contributed by atoms with E-state index >= 15 is 0 Å². The molecule has 126 valence electrons. The first-order valence-corrected chi connectivity index (χ1v) is 6.75. The molecule has 2 rings (SSSR count). The number of benzene rings is 1. The first kappa shape index (κ1) is 17.3. The zero-order valence-corrected chi connectivity index (χ0v) is 12.4. The zero-order chi connectivity index (χ0) is 17.7. The van der Waals surface area contributed by atoms with E-state index in [1.54, 1.807) is 12.1 Å². The highest BCUT2D eigenvalue weighted by molar-refractivity contribution is 5.96. The van der Waals surface area contributed by atoms with Gasteiger partial charge in [-0.05, 0) is 37.3 Å². The van der Waals surface area contributed by atoms with Gasteiger partial charge in [-0.3, -0.25) is 4.79 Å². The first-order chi connectivity index (χ1) is 11.4. The maximum absolute atomic E-state index is 13.5. The monoisotopic (exact) mass is 339 g/mol. The minimum absolute atomic E-state index is 0.410. The predicted molar refractivity (Wildman–Crippen MR) is 78.2 cm³/mol. The summed E-state index contributed by atoms with van der Waals surface area (Å²) < 4.78 is 49.1. The Hall–Kier alpha value is -3.03. The summed E-state index contributed by atoms with van der Waals surface area (Å²) in [6.07, 6.45) is 2.51. The molecule has 0 fully saturated rings. The predicted octanol–water partition coefficient (Wildman–Crippen LogP) is 3.28. The fourth-order valence-corrected chi connectivity index (χ4v) is 1.66. The summed E-state index contributed by atoms with van der Waals surface area (Å²) in [5.41, 5.74) is -0.562. The molecule has 0 aliphatic heterocycles. The SMILES string of the molecule is C[C@@H](OC(=O)/C=C/c1ccco1)C(=O)Nc1ccc(F)c(F)c1F. The zero-order valence-electron chi connectivity index (χ0n) is 12.4. The van der Waals surface area contributed by atoms with Gasteiger partial charge in [0.05, 0.1) is 12.0 Å². The number of anilines is 1. The molecule has 24 heavy (non-hydrogen) atoms. The van der Waals surface area contributed by atoms with Crippen molar-refractivity contribution in [2.24, 2.45) is 0 Å². The van der Waals surface area contributed by atoms with E-state index < -0.39 is 41.1 Å². The molecule has 8 heteroatoms. The number of hydrogen-bond acceptors (Lipinski definition) is 4. The maximum Gasteiger partial charge on any atom is 0.331 e. The second-order valence-electron chi connectivity index (χ2n) is 4.64. The molecule has 1 aromatic carbocycles. The van der Waals surface area contributed by atoms with Crippen molar-refractivity contribution in [1.82, 2.24) is 0 Å². The van der Waals surface area contributed by atoms with E-state index in [1.165, 1.54) is 19.3 Å². The van der Waals surface area contributed by atoms with Gasteiger partial charge in [-0.1, -0.05) is 0 Å². The lowest BCUT2D eigenvalue weighted by Gasteiger charge is -2.13. The minimum atomic E-state index is -1.71. The van der Waals surface area contributed by atoms with E-state index in [9.17, 15) is 22.8 Å². The van der Waals surface area contributed by atoms with Gasteiger partial charge in [0.1, 0.15) is 5.76 Å². The van der Waals surface area contributed by atoms with Crippen LogP contribution >= 0.6 is 0 Å². The van der Waals surface area contributed by atoms with Crippen LogP contribution in [0.4, 0.5) is 18.9 Å². The fourth-order valence-electron chi connectivity index (χ4n) is 1.66. The van der Waals surface area contributed by atoms with Crippen molar-refractivity contribution in [3.8, 4) is 0 Å². The Bertz CT molecular complexity index is 772. The van der Waals surface area contributed by atoms with Crippen molar-refractivity contribution in [1.29, 1.82) is 0 Å². The van der Waals surface area contributed by atoms with Crippen LogP contribution in [0.3, 0.4) is 0 Å². The van der Waals surface area contributed by atoms with Crippen molar-refractivity contribution in [2.45, 2.75) is 13.0 Å². The standard InChI is InChI=1S/C16H12F3NO4/c1-9(24-13(21)7-4-10-3-2-8-23-10)16(22)20-12-6-5-11(17)14(18)15(12)19/h2-9H,1H3,(H,20,22)/b7-4+/t9-/m1/s1. The largest absolute Gasteiger partial charge is 0.465 e.